The number of nitrogens with zero attached hydrogens (tertiary/aromatic N) is 3. The third-order valence-electron chi connectivity index (χ3n) is 4.85. The molecule has 1 atom stereocenters. The van der Waals surface area contributed by atoms with Crippen LogP contribution in [0.1, 0.15) is 24.0 Å². The zero-order chi connectivity index (χ0) is 17.6. The van der Waals surface area contributed by atoms with Crippen LogP contribution in [0.15, 0.2) is 36.7 Å². The number of aliphatic hydroxyl groups is 1. The van der Waals surface area contributed by atoms with E-state index in [9.17, 15) is 5.11 Å². The van der Waals surface area contributed by atoms with Gasteiger partial charge in [0.05, 0.1) is 6.20 Å². The van der Waals surface area contributed by atoms with Crippen molar-refractivity contribution in [1.29, 1.82) is 0 Å². The quantitative estimate of drug-likeness (QED) is 0.840. The van der Waals surface area contributed by atoms with Crippen LogP contribution in [0.2, 0.25) is 0 Å². The fourth-order valence-electron chi connectivity index (χ4n) is 3.36. The first-order valence-corrected chi connectivity index (χ1v) is 9.17. The number of likely N-dealkylation sites (tertiary alicyclic amines) is 1. The van der Waals surface area contributed by atoms with Gasteiger partial charge in [0.1, 0.15) is 18.5 Å². The summed E-state index contributed by atoms with van der Waals surface area (Å²) in [6, 6.07) is 7.94. The number of aryl methyl sites for hydroxylation is 2. The molecule has 5 nitrogen and oxygen atoms in total. The summed E-state index contributed by atoms with van der Waals surface area (Å²) >= 11 is 0. The zero-order valence-electron chi connectivity index (χ0n) is 15.3. The van der Waals surface area contributed by atoms with Gasteiger partial charge < -0.3 is 14.7 Å². The minimum Gasteiger partial charge on any atom is -0.491 e. The molecule has 5 heteroatoms. The molecule has 1 N–H and O–H groups in total. The first-order chi connectivity index (χ1) is 12.1. The maximum atomic E-state index is 10.2. The Labute approximate surface area is 150 Å². The molecule has 0 aliphatic carbocycles. The highest BCUT2D eigenvalue weighted by Gasteiger charge is 2.21. The van der Waals surface area contributed by atoms with Gasteiger partial charge in [-0.15, -0.1) is 0 Å². The predicted octanol–water partition coefficient (Wildman–Crippen LogP) is 2.65. The van der Waals surface area contributed by atoms with E-state index >= 15 is 0 Å². The van der Waals surface area contributed by atoms with Gasteiger partial charge in [0.25, 0.3) is 0 Å². The van der Waals surface area contributed by atoms with Crippen LogP contribution in [0.25, 0.3) is 0 Å². The van der Waals surface area contributed by atoms with Gasteiger partial charge in [0, 0.05) is 19.3 Å². The Hall–Kier alpha value is -1.85. The van der Waals surface area contributed by atoms with Crippen molar-refractivity contribution in [3.63, 3.8) is 0 Å². The van der Waals surface area contributed by atoms with E-state index in [0.717, 1.165) is 38.2 Å². The molecule has 1 aliphatic rings. The fraction of sp³-hybridized carbons (Fsp3) is 0.550. The van der Waals surface area contributed by atoms with Crippen molar-refractivity contribution in [2.45, 2.75) is 39.3 Å². The third kappa shape index (κ3) is 5.58. The maximum Gasteiger partial charge on any atom is 0.119 e. The maximum absolute atomic E-state index is 10.2. The monoisotopic (exact) mass is 343 g/mol. The lowest BCUT2D eigenvalue weighted by atomic mass is 9.96. The average Bonchev–Trinajstić information content (AvgIpc) is 3.01. The molecule has 0 radical (unpaired) electrons. The van der Waals surface area contributed by atoms with Crippen LogP contribution in [-0.2, 0) is 6.54 Å². The zero-order valence-corrected chi connectivity index (χ0v) is 15.3. The van der Waals surface area contributed by atoms with E-state index in [-0.39, 0.29) is 0 Å². The Bertz CT molecular complexity index is 645. The lowest BCUT2D eigenvalue weighted by molar-refractivity contribution is 0.0534. The molecule has 0 bridgehead atoms. The van der Waals surface area contributed by atoms with Gasteiger partial charge in [-0.3, -0.25) is 4.68 Å². The summed E-state index contributed by atoms with van der Waals surface area (Å²) < 4.78 is 7.73. The van der Waals surface area contributed by atoms with Gasteiger partial charge >= 0.3 is 0 Å². The summed E-state index contributed by atoms with van der Waals surface area (Å²) in [5, 5.41) is 14.6. The molecule has 0 unspecified atom stereocenters. The molecule has 0 amide bonds. The molecule has 0 spiro atoms. The number of aliphatic hydroxyl groups excluding tert-OH is 1. The second-order valence-electron chi connectivity index (χ2n) is 7.26. The lowest BCUT2D eigenvalue weighted by Gasteiger charge is -2.33. The number of hydrogen-bond donors (Lipinski definition) is 1. The van der Waals surface area contributed by atoms with Crippen molar-refractivity contribution in [3.05, 3.63) is 47.8 Å². The molecule has 1 aliphatic heterocycles. The molecule has 1 saturated heterocycles. The van der Waals surface area contributed by atoms with Crippen molar-refractivity contribution in [2.24, 2.45) is 5.92 Å². The standard InChI is InChI=1S/C20H29N3O2/c1-16-3-5-20(6-4-16)25-15-19(24)14-22-9-7-18(8-10-22)13-23-12-17(2)11-21-23/h3-6,11-12,18-19,24H,7-10,13-15H2,1-2H3/t19-/m0/s1. The molecule has 2 heterocycles. The third-order valence-corrected chi connectivity index (χ3v) is 4.85. The average molecular weight is 343 g/mol. The van der Waals surface area contributed by atoms with Crippen molar-refractivity contribution in [2.75, 3.05) is 26.2 Å². The van der Waals surface area contributed by atoms with Gasteiger partial charge in [-0.2, -0.15) is 5.10 Å². The van der Waals surface area contributed by atoms with Crippen molar-refractivity contribution >= 4 is 0 Å². The Balaban J connectivity index is 1.35. The molecule has 1 aromatic carbocycles. The molecular weight excluding hydrogens is 314 g/mol. The fourth-order valence-corrected chi connectivity index (χ4v) is 3.36. The van der Waals surface area contributed by atoms with Gasteiger partial charge in [-0.25, -0.2) is 0 Å². The Morgan fingerprint density at radius 2 is 1.88 bits per heavy atom. The number of rotatable bonds is 7. The molecule has 136 valence electrons. The van der Waals surface area contributed by atoms with Gasteiger partial charge in [-0.1, -0.05) is 17.7 Å². The van der Waals surface area contributed by atoms with Crippen molar-refractivity contribution in [1.82, 2.24) is 14.7 Å². The number of aromatic nitrogens is 2. The van der Waals surface area contributed by atoms with Gasteiger partial charge in [0.15, 0.2) is 0 Å². The van der Waals surface area contributed by atoms with Crippen LogP contribution in [0.5, 0.6) is 5.75 Å². The van der Waals surface area contributed by atoms with Crippen molar-refractivity contribution < 1.29 is 9.84 Å². The van der Waals surface area contributed by atoms with E-state index in [2.05, 4.69) is 34.7 Å². The predicted molar refractivity (Wildman–Crippen MR) is 98.8 cm³/mol. The number of hydrogen-bond acceptors (Lipinski definition) is 4. The van der Waals surface area contributed by atoms with E-state index < -0.39 is 6.10 Å². The Morgan fingerprint density at radius 3 is 2.52 bits per heavy atom. The number of piperidine rings is 1. The lowest BCUT2D eigenvalue weighted by Crippen LogP contribution is -2.41. The molecule has 0 saturated carbocycles. The largest absolute Gasteiger partial charge is 0.491 e. The van der Waals surface area contributed by atoms with E-state index in [1.54, 1.807) is 0 Å². The normalized spacial score (nSPS) is 17.6. The minimum atomic E-state index is -0.452. The highest BCUT2D eigenvalue weighted by Crippen LogP contribution is 2.19. The highest BCUT2D eigenvalue weighted by atomic mass is 16.5. The second-order valence-corrected chi connectivity index (χ2v) is 7.26. The van der Waals surface area contributed by atoms with Crippen LogP contribution in [-0.4, -0.2) is 52.1 Å². The van der Waals surface area contributed by atoms with Crippen molar-refractivity contribution in [3.8, 4) is 5.75 Å². The number of benzene rings is 1. The first-order valence-electron chi connectivity index (χ1n) is 9.17. The summed E-state index contributed by atoms with van der Waals surface area (Å²) in [5.74, 6) is 1.49. The van der Waals surface area contributed by atoms with E-state index in [0.29, 0.717) is 19.1 Å². The first kappa shape index (κ1) is 18.0. The van der Waals surface area contributed by atoms with Gasteiger partial charge in [-0.05, 0) is 63.4 Å². The van der Waals surface area contributed by atoms with Crippen LogP contribution >= 0.6 is 0 Å². The van der Waals surface area contributed by atoms with Crippen LogP contribution in [0.3, 0.4) is 0 Å². The van der Waals surface area contributed by atoms with E-state index in [1.807, 2.05) is 30.5 Å². The molecule has 1 aromatic heterocycles. The van der Waals surface area contributed by atoms with Gasteiger partial charge in [0.2, 0.25) is 0 Å². The molecule has 25 heavy (non-hydrogen) atoms. The Morgan fingerprint density at radius 1 is 1.16 bits per heavy atom. The minimum absolute atomic E-state index is 0.343. The summed E-state index contributed by atoms with van der Waals surface area (Å²) in [5.41, 5.74) is 2.43. The summed E-state index contributed by atoms with van der Waals surface area (Å²) in [6.45, 7) is 8.22. The summed E-state index contributed by atoms with van der Waals surface area (Å²) in [7, 11) is 0. The molecule has 3 rings (SSSR count). The smallest absolute Gasteiger partial charge is 0.119 e. The van der Waals surface area contributed by atoms with E-state index in [4.69, 9.17) is 4.74 Å². The highest BCUT2D eigenvalue weighted by molar-refractivity contribution is 5.26. The van der Waals surface area contributed by atoms with Crippen LogP contribution in [0.4, 0.5) is 0 Å². The summed E-state index contributed by atoms with van der Waals surface area (Å²) in [4.78, 5) is 2.34. The van der Waals surface area contributed by atoms with E-state index in [1.165, 1.54) is 11.1 Å². The molecule has 1 fully saturated rings. The Kier molecular flexibility index (Phi) is 6.10. The topological polar surface area (TPSA) is 50.5 Å². The molecular formula is C20H29N3O2. The SMILES string of the molecule is Cc1ccc(OC[C@@H](O)CN2CCC(Cn3cc(C)cn3)CC2)cc1. The van der Waals surface area contributed by atoms with Crippen LogP contribution in [0, 0.1) is 19.8 Å². The van der Waals surface area contributed by atoms with Crippen LogP contribution < -0.4 is 4.74 Å². The number of β-amino-alcohol motifs (C(OH)–C–C–N with tert-alkyl or cyclic N) is 1. The second kappa shape index (κ2) is 8.50. The number of ether oxygens (including phenoxy) is 1. The summed E-state index contributed by atoms with van der Waals surface area (Å²) in [6.07, 6.45) is 5.89. The molecule has 2 aromatic rings.